The van der Waals surface area contributed by atoms with Gasteiger partial charge in [0, 0.05) is 11.3 Å². The highest BCUT2D eigenvalue weighted by Crippen LogP contribution is 2.67. The van der Waals surface area contributed by atoms with Gasteiger partial charge in [0.15, 0.2) is 5.60 Å². The van der Waals surface area contributed by atoms with Crippen molar-refractivity contribution in [3.05, 3.63) is 11.6 Å². The van der Waals surface area contributed by atoms with Crippen molar-refractivity contribution in [2.24, 2.45) is 28.6 Å². The average Bonchev–Trinajstić information content (AvgIpc) is 2.75. The van der Waals surface area contributed by atoms with E-state index >= 15 is 0 Å². The lowest BCUT2D eigenvalue weighted by molar-refractivity contribution is -0.139. The van der Waals surface area contributed by atoms with Crippen LogP contribution in [0.15, 0.2) is 11.6 Å². The molecule has 0 spiro atoms. The van der Waals surface area contributed by atoms with Crippen molar-refractivity contribution in [2.75, 3.05) is 0 Å². The molecule has 0 heterocycles. The second-order valence-corrected chi connectivity index (χ2v) is 9.51. The minimum atomic E-state index is -1.80. The van der Waals surface area contributed by atoms with Crippen molar-refractivity contribution in [3.8, 4) is 12.3 Å². The van der Waals surface area contributed by atoms with Gasteiger partial charge in [0.1, 0.15) is 6.10 Å². The van der Waals surface area contributed by atoms with Crippen LogP contribution in [0.4, 0.5) is 0 Å². The van der Waals surface area contributed by atoms with Crippen molar-refractivity contribution < 1.29 is 25.5 Å². The van der Waals surface area contributed by atoms with Gasteiger partial charge in [-0.3, -0.25) is 0 Å². The first kappa shape index (κ1) is 18.5. The third-order valence-electron chi connectivity index (χ3n) is 8.57. The van der Waals surface area contributed by atoms with Crippen molar-refractivity contribution in [1.29, 1.82) is 0 Å². The van der Waals surface area contributed by atoms with Crippen LogP contribution >= 0.6 is 0 Å². The van der Waals surface area contributed by atoms with E-state index in [1.165, 1.54) is 0 Å². The second kappa shape index (κ2) is 5.56. The predicted octanol–water partition coefficient (Wildman–Crippen LogP) is 0.587. The molecule has 26 heavy (non-hydrogen) atoms. The van der Waals surface area contributed by atoms with Gasteiger partial charge in [0.25, 0.3) is 0 Å². The molecule has 0 radical (unpaired) electrons. The molecule has 4 rings (SSSR count). The molecule has 3 fully saturated rings. The van der Waals surface area contributed by atoms with Crippen LogP contribution in [0.3, 0.4) is 0 Å². The van der Waals surface area contributed by atoms with Gasteiger partial charge in [-0.1, -0.05) is 31.4 Å². The summed E-state index contributed by atoms with van der Waals surface area (Å²) >= 11 is 0. The highest BCUT2D eigenvalue weighted by atomic mass is 16.4. The van der Waals surface area contributed by atoms with E-state index in [0.29, 0.717) is 12.8 Å². The summed E-state index contributed by atoms with van der Waals surface area (Å²) in [5, 5.41) is 53.4. The van der Waals surface area contributed by atoms with E-state index in [0.717, 1.165) is 24.8 Å². The van der Waals surface area contributed by atoms with Gasteiger partial charge < -0.3 is 25.5 Å². The molecular formula is C21H30O5. The minimum Gasteiger partial charge on any atom is -0.393 e. The van der Waals surface area contributed by atoms with Gasteiger partial charge in [-0.2, -0.15) is 0 Å². The topological polar surface area (TPSA) is 101 Å². The summed E-state index contributed by atoms with van der Waals surface area (Å²) < 4.78 is 0. The molecule has 0 aromatic rings. The summed E-state index contributed by atoms with van der Waals surface area (Å²) in [5.41, 5.74) is -1.67. The molecule has 5 N–H and O–H groups in total. The summed E-state index contributed by atoms with van der Waals surface area (Å²) in [7, 11) is 0. The Morgan fingerprint density at radius 2 is 1.81 bits per heavy atom. The minimum absolute atomic E-state index is 0.130. The van der Waals surface area contributed by atoms with Crippen LogP contribution in [0.2, 0.25) is 0 Å². The number of rotatable bonds is 0. The number of fused-ring (bicyclic) bond motifs is 5. The fraction of sp³-hybridized carbons (Fsp3) is 0.810. The Morgan fingerprint density at radius 1 is 1.12 bits per heavy atom. The quantitative estimate of drug-likeness (QED) is 0.321. The van der Waals surface area contributed by atoms with Gasteiger partial charge in [-0.25, -0.2) is 0 Å². The Morgan fingerprint density at radius 3 is 2.46 bits per heavy atom. The first-order valence-electron chi connectivity index (χ1n) is 9.74. The van der Waals surface area contributed by atoms with Crippen LogP contribution in [0.1, 0.15) is 46.0 Å². The third kappa shape index (κ3) is 2.00. The molecule has 5 nitrogen and oxygen atoms in total. The zero-order chi connectivity index (χ0) is 19.1. The summed E-state index contributed by atoms with van der Waals surface area (Å²) in [6.45, 7) is 4.04. The Bertz CT molecular complexity index is 682. The lowest BCUT2D eigenvalue weighted by Crippen LogP contribution is -2.58. The first-order chi connectivity index (χ1) is 12.1. The van der Waals surface area contributed by atoms with Gasteiger partial charge in [0.05, 0.1) is 18.3 Å². The molecule has 3 saturated carbocycles. The molecule has 5 heteroatoms. The van der Waals surface area contributed by atoms with Crippen LogP contribution in [-0.2, 0) is 0 Å². The zero-order valence-corrected chi connectivity index (χ0v) is 15.5. The largest absolute Gasteiger partial charge is 0.393 e. The van der Waals surface area contributed by atoms with Crippen LogP contribution in [0.25, 0.3) is 0 Å². The molecular weight excluding hydrogens is 332 g/mol. The van der Waals surface area contributed by atoms with E-state index in [1.807, 2.05) is 13.0 Å². The fourth-order valence-corrected chi connectivity index (χ4v) is 6.98. The number of hydrogen-bond donors (Lipinski definition) is 5. The SMILES string of the molecule is C#C[C@]1(O)[C@H](O)[C@H](O)C2C3C(CC[C@@]21C)[C@@]1(C)CC[C@H](O)CC1=C[C@@H]3O. The molecule has 3 unspecified atom stereocenters. The molecule has 144 valence electrons. The highest BCUT2D eigenvalue weighted by molar-refractivity contribution is 5.33. The smallest absolute Gasteiger partial charge is 0.159 e. The monoisotopic (exact) mass is 362 g/mol. The molecule has 4 aliphatic rings. The van der Waals surface area contributed by atoms with E-state index in [2.05, 4.69) is 12.8 Å². The van der Waals surface area contributed by atoms with E-state index in [4.69, 9.17) is 6.42 Å². The lowest BCUT2D eigenvalue weighted by atomic mass is 9.46. The van der Waals surface area contributed by atoms with Crippen LogP contribution in [-0.4, -0.2) is 55.5 Å². The summed E-state index contributed by atoms with van der Waals surface area (Å²) in [6, 6.07) is 0. The second-order valence-electron chi connectivity index (χ2n) is 9.51. The summed E-state index contributed by atoms with van der Waals surface area (Å²) in [5.74, 6) is 1.74. The number of terminal acetylenes is 1. The van der Waals surface area contributed by atoms with Crippen LogP contribution < -0.4 is 0 Å². The molecule has 0 bridgehead atoms. The molecule has 10 atom stereocenters. The molecule has 0 aliphatic heterocycles. The van der Waals surface area contributed by atoms with Gasteiger partial charge in [0.2, 0.25) is 0 Å². The third-order valence-corrected chi connectivity index (χ3v) is 8.57. The van der Waals surface area contributed by atoms with Gasteiger partial charge in [-0.15, -0.1) is 6.42 Å². The van der Waals surface area contributed by atoms with Crippen LogP contribution in [0, 0.1) is 40.9 Å². The van der Waals surface area contributed by atoms with Gasteiger partial charge >= 0.3 is 0 Å². The molecule has 0 saturated heterocycles. The Labute approximate surface area is 154 Å². The van der Waals surface area contributed by atoms with Crippen LogP contribution in [0.5, 0.6) is 0 Å². The van der Waals surface area contributed by atoms with Crippen molar-refractivity contribution in [3.63, 3.8) is 0 Å². The number of hydrogen-bond acceptors (Lipinski definition) is 5. The molecule has 0 aromatic carbocycles. The Hall–Kier alpha value is -0.900. The lowest BCUT2D eigenvalue weighted by Gasteiger charge is -2.59. The predicted molar refractivity (Wildman–Crippen MR) is 95.7 cm³/mol. The Balaban J connectivity index is 1.81. The maximum atomic E-state index is 11.0. The van der Waals surface area contributed by atoms with E-state index in [-0.39, 0.29) is 23.4 Å². The summed E-state index contributed by atoms with van der Waals surface area (Å²) in [6.07, 6.45) is 7.22. The number of aliphatic hydroxyl groups is 5. The van der Waals surface area contributed by atoms with Crippen molar-refractivity contribution >= 4 is 0 Å². The summed E-state index contributed by atoms with van der Waals surface area (Å²) in [4.78, 5) is 0. The maximum absolute atomic E-state index is 11.0. The van der Waals surface area contributed by atoms with Gasteiger partial charge in [-0.05, 0) is 49.4 Å². The van der Waals surface area contributed by atoms with Crippen molar-refractivity contribution in [2.45, 2.75) is 76.0 Å². The zero-order valence-electron chi connectivity index (χ0n) is 15.5. The first-order valence-corrected chi connectivity index (χ1v) is 9.74. The molecule has 4 aliphatic carbocycles. The van der Waals surface area contributed by atoms with Crippen molar-refractivity contribution in [1.82, 2.24) is 0 Å². The molecule has 0 amide bonds. The molecule has 0 aromatic heterocycles. The maximum Gasteiger partial charge on any atom is 0.159 e. The number of aliphatic hydroxyl groups excluding tert-OH is 4. The fourth-order valence-electron chi connectivity index (χ4n) is 6.98. The van der Waals surface area contributed by atoms with E-state index in [9.17, 15) is 25.5 Å². The van der Waals surface area contributed by atoms with E-state index < -0.39 is 35.2 Å². The Kier molecular flexibility index (Phi) is 3.95. The normalized spacial score (nSPS) is 58.8. The van der Waals surface area contributed by atoms with E-state index in [1.54, 1.807) is 0 Å². The highest BCUT2D eigenvalue weighted by Gasteiger charge is 2.71. The average molecular weight is 362 g/mol. The standard InChI is InChI=1S/C21H30O5/c1-4-21(26)18(25)17(24)16-15-13(6-8-20(16,21)3)19(2)7-5-12(22)9-11(19)10-14(15)23/h1,10,12-18,22-26H,5-9H2,2-3H3/t12-,13?,14-,15?,16?,17+,18+,19-,20-,21-/m0/s1.